The van der Waals surface area contributed by atoms with Crippen molar-refractivity contribution in [2.75, 3.05) is 32.9 Å². The fourth-order valence-corrected chi connectivity index (χ4v) is 3.90. The molecule has 0 saturated carbocycles. The second-order valence-corrected chi connectivity index (χ2v) is 6.92. The zero-order chi connectivity index (χ0) is 14.0. The summed E-state index contributed by atoms with van der Waals surface area (Å²) in [6, 6.07) is 3.36. The van der Waals surface area contributed by atoms with Gasteiger partial charge in [-0.05, 0) is 39.1 Å². The minimum absolute atomic E-state index is 0.0643. The van der Waals surface area contributed by atoms with Crippen LogP contribution in [-0.4, -0.2) is 55.8 Å². The zero-order valence-electron chi connectivity index (χ0n) is 11.3. The van der Waals surface area contributed by atoms with Gasteiger partial charge >= 0.3 is 0 Å². The Bertz CT molecular complexity index is 544. The maximum atomic E-state index is 12.6. The number of nitrogens with two attached hydrogens (primary N) is 1. The Labute approximate surface area is 114 Å². The van der Waals surface area contributed by atoms with Crippen molar-refractivity contribution in [2.45, 2.75) is 23.8 Å². The monoisotopic (exact) mass is 284 g/mol. The molecule has 1 saturated heterocycles. The lowest BCUT2D eigenvalue weighted by molar-refractivity contribution is 0.190. The number of likely N-dealkylation sites (N-methyl/N-ethyl adjacent to an activating group) is 1. The zero-order valence-corrected chi connectivity index (χ0v) is 12.1. The van der Waals surface area contributed by atoms with Crippen LogP contribution in [0.3, 0.4) is 0 Å². The molecule has 0 amide bonds. The van der Waals surface area contributed by atoms with Crippen molar-refractivity contribution in [1.29, 1.82) is 0 Å². The summed E-state index contributed by atoms with van der Waals surface area (Å²) in [5.41, 5.74) is 5.68. The highest BCUT2D eigenvalue weighted by Crippen LogP contribution is 2.24. The SMILES string of the molecule is CN(C)C1CCCN(S(=O)(=O)c2cccnc2N)C1. The van der Waals surface area contributed by atoms with Crippen LogP contribution in [-0.2, 0) is 10.0 Å². The molecule has 0 aromatic carbocycles. The number of hydrogen-bond acceptors (Lipinski definition) is 5. The Morgan fingerprint density at radius 1 is 1.47 bits per heavy atom. The second kappa shape index (κ2) is 5.44. The van der Waals surface area contributed by atoms with Crippen LogP contribution in [0.4, 0.5) is 5.82 Å². The van der Waals surface area contributed by atoms with Crippen LogP contribution >= 0.6 is 0 Å². The Morgan fingerprint density at radius 3 is 2.84 bits per heavy atom. The first-order valence-corrected chi connectivity index (χ1v) is 7.74. The molecule has 0 spiro atoms. The van der Waals surface area contributed by atoms with E-state index in [0.717, 1.165) is 12.8 Å². The Morgan fingerprint density at radius 2 is 2.21 bits per heavy atom. The number of nitrogen functional groups attached to an aromatic ring is 1. The second-order valence-electron chi connectivity index (χ2n) is 5.01. The number of piperidine rings is 1. The first-order valence-electron chi connectivity index (χ1n) is 6.30. The highest BCUT2D eigenvalue weighted by atomic mass is 32.2. The minimum atomic E-state index is -3.54. The molecule has 0 radical (unpaired) electrons. The van der Waals surface area contributed by atoms with E-state index < -0.39 is 10.0 Å². The van der Waals surface area contributed by atoms with E-state index in [1.807, 2.05) is 14.1 Å². The molecule has 106 valence electrons. The van der Waals surface area contributed by atoms with Crippen LogP contribution < -0.4 is 5.73 Å². The molecule has 1 fully saturated rings. The van der Waals surface area contributed by atoms with E-state index in [1.54, 1.807) is 6.07 Å². The van der Waals surface area contributed by atoms with Crippen LogP contribution in [0, 0.1) is 0 Å². The summed E-state index contributed by atoms with van der Waals surface area (Å²) in [4.78, 5) is 6.03. The van der Waals surface area contributed by atoms with Crippen LogP contribution in [0.2, 0.25) is 0 Å². The average molecular weight is 284 g/mol. The quantitative estimate of drug-likeness (QED) is 0.868. The van der Waals surface area contributed by atoms with Crippen molar-refractivity contribution < 1.29 is 8.42 Å². The van der Waals surface area contributed by atoms with Crippen molar-refractivity contribution in [3.05, 3.63) is 18.3 Å². The number of aromatic nitrogens is 1. The number of sulfonamides is 1. The van der Waals surface area contributed by atoms with Gasteiger partial charge in [-0.3, -0.25) is 0 Å². The summed E-state index contributed by atoms with van der Waals surface area (Å²) in [6.45, 7) is 1.05. The van der Waals surface area contributed by atoms with Gasteiger partial charge in [0.2, 0.25) is 10.0 Å². The van der Waals surface area contributed by atoms with Crippen molar-refractivity contribution in [3.63, 3.8) is 0 Å². The van der Waals surface area contributed by atoms with E-state index in [2.05, 4.69) is 9.88 Å². The molecule has 1 aliphatic rings. The van der Waals surface area contributed by atoms with Gasteiger partial charge in [0, 0.05) is 25.3 Å². The lowest BCUT2D eigenvalue weighted by atomic mass is 10.1. The van der Waals surface area contributed by atoms with E-state index in [0.29, 0.717) is 13.1 Å². The predicted molar refractivity (Wildman–Crippen MR) is 74.1 cm³/mol. The molecule has 19 heavy (non-hydrogen) atoms. The Kier molecular flexibility index (Phi) is 4.07. The van der Waals surface area contributed by atoms with Crippen molar-refractivity contribution in [3.8, 4) is 0 Å². The fraction of sp³-hybridized carbons (Fsp3) is 0.583. The van der Waals surface area contributed by atoms with Gasteiger partial charge in [0.1, 0.15) is 10.7 Å². The first kappa shape index (κ1) is 14.2. The summed E-state index contributed by atoms with van der Waals surface area (Å²) >= 11 is 0. The number of pyridine rings is 1. The molecule has 0 bridgehead atoms. The van der Waals surface area contributed by atoms with E-state index in [9.17, 15) is 8.42 Å². The molecule has 1 unspecified atom stereocenters. The van der Waals surface area contributed by atoms with Gasteiger partial charge in [-0.15, -0.1) is 0 Å². The summed E-state index contributed by atoms with van der Waals surface area (Å²) in [5.74, 6) is 0.0643. The summed E-state index contributed by atoms with van der Waals surface area (Å²) in [7, 11) is 0.403. The van der Waals surface area contributed by atoms with E-state index in [-0.39, 0.29) is 16.8 Å². The van der Waals surface area contributed by atoms with E-state index in [4.69, 9.17) is 5.73 Å². The molecule has 2 rings (SSSR count). The van der Waals surface area contributed by atoms with Gasteiger partial charge in [-0.25, -0.2) is 13.4 Å². The maximum Gasteiger partial charge on any atom is 0.246 e. The minimum Gasteiger partial charge on any atom is -0.383 e. The molecule has 1 aromatic heterocycles. The molecule has 1 atom stereocenters. The average Bonchev–Trinajstić information content (AvgIpc) is 2.39. The van der Waals surface area contributed by atoms with Gasteiger partial charge in [0.25, 0.3) is 0 Å². The third kappa shape index (κ3) is 2.88. The topological polar surface area (TPSA) is 79.5 Å². The Hall–Kier alpha value is -1.18. The lowest BCUT2D eigenvalue weighted by Crippen LogP contribution is -2.47. The van der Waals surface area contributed by atoms with Gasteiger partial charge < -0.3 is 10.6 Å². The van der Waals surface area contributed by atoms with Crippen molar-refractivity contribution >= 4 is 15.8 Å². The van der Waals surface area contributed by atoms with Gasteiger partial charge in [-0.1, -0.05) is 0 Å². The molecule has 1 aliphatic heterocycles. The number of rotatable bonds is 3. The third-order valence-electron chi connectivity index (χ3n) is 3.51. The summed E-state index contributed by atoms with van der Waals surface area (Å²) in [6.07, 6.45) is 3.37. The molecular weight excluding hydrogens is 264 g/mol. The molecule has 6 nitrogen and oxygen atoms in total. The highest BCUT2D eigenvalue weighted by Gasteiger charge is 2.32. The Balaban J connectivity index is 2.28. The molecule has 1 aromatic rings. The number of nitrogens with zero attached hydrogens (tertiary/aromatic N) is 3. The summed E-state index contributed by atoms with van der Waals surface area (Å²) < 4.78 is 26.6. The largest absolute Gasteiger partial charge is 0.383 e. The molecule has 7 heteroatoms. The third-order valence-corrected chi connectivity index (χ3v) is 5.42. The number of hydrogen-bond donors (Lipinski definition) is 1. The lowest BCUT2D eigenvalue weighted by Gasteiger charge is -2.35. The van der Waals surface area contributed by atoms with Crippen LogP contribution in [0.15, 0.2) is 23.2 Å². The standard InChI is InChI=1S/C12H20N4O2S/c1-15(2)10-5-4-8-16(9-10)19(17,18)11-6-3-7-14-12(11)13/h3,6-7,10H,4-5,8-9H2,1-2H3,(H2,13,14). The fourth-order valence-electron chi connectivity index (χ4n) is 2.32. The van der Waals surface area contributed by atoms with E-state index >= 15 is 0 Å². The summed E-state index contributed by atoms with van der Waals surface area (Å²) in [5, 5.41) is 0. The van der Waals surface area contributed by atoms with Crippen molar-refractivity contribution in [1.82, 2.24) is 14.2 Å². The maximum absolute atomic E-state index is 12.6. The van der Waals surface area contributed by atoms with Gasteiger partial charge in [-0.2, -0.15) is 4.31 Å². The highest BCUT2D eigenvalue weighted by molar-refractivity contribution is 7.89. The molecule has 0 aliphatic carbocycles. The predicted octanol–water partition coefficient (Wildman–Crippen LogP) is 0.378. The normalized spacial score (nSPS) is 21.7. The van der Waals surface area contributed by atoms with E-state index in [1.165, 1.54) is 16.6 Å². The molecule has 2 N–H and O–H groups in total. The van der Waals surface area contributed by atoms with Crippen LogP contribution in [0.25, 0.3) is 0 Å². The smallest absolute Gasteiger partial charge is 0.246 e. The number of anilines is 1. The van der Waals surface area contributed by atoms with Crippen LogP contribution in [0.5, 0.6) is 0 Å². The van der Waals surface area contributed by atoms with Gasteiger partial charge in [0.15, 0.2) is 0 Å². The van der Waals surface area contributed by atoms with Crippen molar-refractivity contribution in [2.24, 2.45) is 0 Å². The van der Waals surface area contributed by atoms with Crippen LogP contribution in [0.1, 0.15) is 12.8 Å². The first-order chi connectivity index (χ1) is 8.93. The van der Waals surface area contributed by atoms with Gasteiger partial charge in [0.05, 0.1) is 0 Å². The molecular formula is C12H20N4O2S. The molecule has 2 heterocycles.